The van der Waals surface area contributed by atoms with Gasteiger partial charge in [0.25, 0.3) is 0 Å². The van der Waals surface area contributed by atoms with Crippen LogP contribution in [0.25, 0.3) is 11.4 Å². The molecule has 1 aliphatic carbocycles. The molecule has 2 aromatic heterocycles. The van der Waals surface area contributed by atoms with E-state index in [2.05, 4.69) is 27.2 Å². The van der Waals surface area contributed by atoms with Gasteiger partial charge in [-0.25, -0.2) is 9.97 Å². The summed E-state index contributed by atoms with van der Waals surface area (Å²) in [6.45, 7) is 2.11. The average molecular weight is 298 g/mol. The van der Waals surface area contributed by atoms with Crippen LogP contribution in [0.5, 0.6) is 0 Å². The number of aryl methyl sites for hydroxylation is 1. The van der Waals surface area contributed by atoms with Gasteiger partial charge in [0.1, 0.15) is 5.82 Å². The summed E-state index contributed by atoms with van der Waals surface area (Å²) in [4.78, 5) is 13.4. The fourth-order valence-corrected chi connectivity index (χ4v) is 2.88. The standard InChI is InChI=1S/C17H22N4O/c1-3-13-11-16(19-14-4-5-15(10-14)22-2)21-17(20-13)12-6-8-18-9-7-12/h6-9,11,14-15H,3-5,10H2,1-2H3,(H,19,20,21). The van der Waals surface area contributed by atoms with Gasteiger partial charge < -0.3 is 10.1 Å². The molecule has 116 valence electrons. The molecule has 1 N–H and O–H groups in total. The van der Waals surface area contributed by atoms with E-state index in [1.165, 1.54) is 0 Å². The van der Waals surface area contributed by atoms with Crippen molar-refractivity contribution in [3.63, 3.8) is 0 Å². The third kappa shape index (κ3) is 3.42. The average Bonchev–Trinajstić information content (AvgIpc) is 3.03. The normalized spacial score (nSPS) is 21.0. The van der Waals surface area contributed by atoms with Crippen molar-refractivity contribution in [2.75, 3.05) is 12.4 Å². The highest BCUT2D eigenvalue weighted by Gasteiger charge is 2.24. The molecule has 0 aromatic carbocycles. The minimum absolute atomic E-state index is 0.365. The molecule has 0 spiro atoms. The molecule has 0 aliphatic heterocycles. The van der Waals surface area contributed by atoms with Crippen molar-refractivity contribution in [1.82, 2.24) is 15.0 Å². The Hall–Kier alpha value is -2.01. The number of rotatable bonds is 5. The summed E-state index contributed by atoms with van der Waals surface area (Å²) < 4.78 is 5.44. The summed E-state index contributed by atoms with van der Waals surface area (Å²) in [6, 6.07) is 6.35. The molecule has 2 heterocycles. The molecule has 2 unspecified atom stereocenters. The number of nitrogens with zero attached hydrogens (tertiary/aromatic N) is 3. The van der Waals surface area contributed by atoms with Gasteiger partial charge in [-0.15, -0.1) is 0 Å². The lowest BCUT2D eigenvalue weighted by Gasteiger charge is -2.15. The molecule has 0 bridgehead atoms. The molecule has 1 fully saturated rings. The van der Waals surface area contributed by atoms with Crippen molar-refractivity contribution >= 4 is 5.82 Å². The van der Waals surface area contributed by atoms with Crippen LogP contribution in [0.2, 0.25) is 0 Å². The molecule has 0 radical (unpaired) electrons. The minimum Gasteiger partial charge on any atom is -0.381 e. The zero-order valence-corrected chi connectivity index (χ0v) is 13.1. The van der Waals surface area contributed by atoms with Crippen molar-refractivity contribution < 1.29 is 4.74 Å². The van der Waals surface area contributed by atoms with E-state index in [1.54, 1.807) is 19.5 Å². The number of methoxy groups -OCH3 is 1. The second kappa shape index (κ2) is 6.83. The first-order chi connectivity index (χ1) is 10.8. The second-order valence-electron chi connectivity index (χ2n) is 5.67. The summed E-state index contributed by atoms with van der Waals surface area (Å²) in [6.07, 6.45) is 8.05. The van der Waals surface area contributed by atoms with Gasteiger partial charge >= 0.3 is 0 Å². The van der Waals surface area contributed by atoms with E-state index in [4.69, 9.17) is 4.74 Å². The maximum atomic E-state index is 5.44. The lowest BCUT2D eigenvalue weighted by Crippen LogP contribution is -2.18. The number of nitrogens with one attached hydrogen (secondary N) is 1. The summed E-state index contributed by atoms with van der Waals surface area (Å²) in [5.74, 6) is 1.66. The van der Waals surface area contributed by atoms with Gasteiger partial charge in [0, 0.05) is 42.9 Å². The van der Waals surface area contributed by atoms with Crippen LogP contribution in [0.15, 0.2) is 30.6 Å². The van der Waals surface area contributed by atoms with Crippen LogP contribution in [0.4, 0.5) is 5.82 Å². The Morgan fingerprint density at radius 2 is 2.05 bits per heavy atom. The van der Waals surface area contributed by atoms with Gasteiger partial charge in [-0.05, 0) is 37.8 Å². The molecule has 5 nitrogen and oxygen atoms in total. The van der Waals surface area contributed by atoms with Crippen molar-refractivity contribution in [2.24, 2.45) is 0 Å². The fraction of sp³-hybridized carbons (Fsp3) is 0.471. The fourth-order valence-electron chi connectivity index (χ4n) is 2.88. The third-order valence-corrected chi connectivity index (χ3v) is 4.15. The van der Waals surface area contributed by atoms with Crippen LogP contribution in [-0.2, 0) is 11.2 Å². The topological polar surface area (TPSA) is 59.9 Å². The van der Waals surface area contributed by atoms with Crippen molar-refractivity contribution in [1.29, 1.82) is 0 Å². The number of aromatic nitrogens is 3. The van der Waals surface area contributed by atoms with Crippen molar-refractivity contribution in [2.45, 2.75) is 44.8 Å². The maximum absolute atomic E-state index is 5.44. The Morgan fingerprint density at radius 3 is 2.73 bits per heavy atom. The van der Waals surface area contributed by atoms with E-state index in [-0.39, 0.29) is 0 Å². The lowest BCUT2D eigenvalue weighted by molar-refractivity contribution is 0.108. The molecule has 5 heteroatoms. The Kier molecular flexibility index (Phi) is 4.63. The van der Waals surface area contributed by atoms with Crippen LogP contribution in [-0.4, -0.2) is 34.2 Å². The Bertz CT molecular complexity index is 617. The van der Waals surface area contributed by atoms with Crippen molar-refractivity contribution in [3.8, 4) is 11.4 Å². The first kappa shape index (κ1) is 14.9. The number of anilines is 1. The molecule has 0 saturated heterocycles. The highest BCUT2D eigenvalue weighted by atomic mass is 16.5. The predicted molar refractivity (Wildman–Crippen MR) is 86.7 cm³/mol. The maximum Gasteiger partial charge on any atom is 0.161 e. The van der Waals surface area contributed by atoms with E-state index in [0.717, 1.165) is 48.6 Å². The van der Waals surface area contributed by atoms with Crippen LogP contribution in [0.1, 0.15) is 31.9 Å². The highest BCUT2D eigenvalue weighted by molar-refractivity contribution is 5.57. The first-order valence-corrected chi connectivity index (χ1v) is 7.86. The molecular weight excluding hydrogens is 276 g/mol. The molecule has 1 aliphatic rings. The van der Waals surface area contributed by atoms with E-state index < -0.39 is 0 Å². The first-order valence-electron chi connectivity index (χ1n) is 7.86. The number of pyridine rings is 1. The van der Waals surface area contributed by atoms with Crippen LogP contribution in [0, 0.1) is 0 Å². The molecule has 0 amide bonds. The summed E-state index contributed by atoms with van der Waals surface area (Å²) >= 11 is 0. The molecular formula is C17H22N4O. The summed E-state index contributed by atoms with van der Waals surface area (Å²) in [5, 5.41) is 3.54. The van der Waals surface area contributed by atoms with Gasteiger partial charge in [-0.2, -0.15) is 0 Å². The van der Waals surface area contributed by atoms with E-state index >= 15 is 0 Å². The molecule has 22 heavy (non-hydrogen) atoms. The van der Waals surface area contributed by atoms with Crippen LogP contribution in [0.3, 0.4) is 0 Å². The Morgan fingerprint density at radius 1 is 1.23 bits per heavy atom. The van der Waals surface area contributed by atoms with Gasteiger partial charge in [0.15, 0.2) is 5.82 Å². The lowest BCUT2D eigenvalue weighted by atomic mass is 10.2. The van der Waals surface area contributed by atoms with E-state index in [9.17, 15) is 0 Å². The SMILES string of the molecule is CCc1cc(NC2CCC(OC)C2)nc(-c2ccncc2)n1. The highest BCUT2D eigenvalue weighted by Crippen LogP contribution is 2.25. The largest absolute Gasteiger partial charge is 0.381 e. The van der Waals surface area contributed by atoms with Gasteiger partial charge in [-0.1, -0.05) is 6.92 Å². The van der Waals surface area contributed by atoms with Gasteiger partial charge in [-0.3, -0.25) is 4.98 Å². The molecule has 1 saturated carbocycles. The summed E-state index contributed by atoms with van der Waals surface area (Å²) in [7, 11) is 1.79. The van der Waals surface area contributed by atoms with Gasteiger partial charge in [0.2, 0.25) is 0 Å². The monoisotopic (exact) mass is 298 g/mol. The van der Waals surface area contributed by atoms with Crippen LogP contribution >= 0.6 is 0 Å². The number of hydrogen-bond donors (Lipinski definition) is 1. The Balaban J connectivity index is 1.82. The zero-order valence-electron chi connectivity index (χ0n) is 13.1. The molecule has 3 rings (SSSR count). The smallest absolute Gasteiger partial charge is 0.161 e. The zero-order chi connectivity index (χ0) is 15.4. The quantitative estimate of drug-likeness (QED) is 0.919. The number of hydrogen-bond acceptors (Lipinski definition) is 5. The molecule has 2 aromatic rings. The predicted octanol–water partition coefficient (Wildman–Crippen LogP) is 3.08. The third-order valence-electron chi connectivity index (χ3n) is 4.15. The van der Waals surface area contributed by atoms with Gasteiger partial charge in [0.05, 0.1) is 6.10 Å². The van der Waals surface area contributed by atoms with E-state index in [1.807, 2.05) is 18.2 Å². The van der Waals surface area contributed by atoms with E-state index in [0.29, 0.717) is 12.1 Å². The summed E-state index contributed by atoms with van der Waals surface area (Å²) in [5.41, 5.74) is 2.04. The number of ether oxygens (including phenoxy) is 1. The minimum atomic E-state index is 0.365. The Labute approximate surface area is 131 Å². The second-order valence-corrected chi connectivity index (χ2v) is 5.67. The van der Waals surface area contributed by atoms with Crippen LogP contribution < -0.4 is 5.32 Å². The van der Waals surface area contributed by atoms with Crippen molar-refractivity contribution in [3.05, 3.63) is 36.3 Å². The molecule has 2 atom stereocenters.